The number of carbonyl (C=O) groups is 1. The zero-order valence-electron chi connectivity index (χ0n) is 12.7. The molecule has 1 aliphatic heterocycles. The van der Waals surface area contributed by atoms with E-state index in [0.29, 0.717) is 29.2 Å². The van der Waals surface area contributed by atoms with Crippen molar-refractivity contribution in [1.29, 1.82) is 0 Å². The molecule has 0 saturated carbocycles. The van der Waals surface area contributed by atoms with Gasteiger partial charge in [0, 0.05) is 19.1 Å². The Morgan fingerprint density at radius 1 is 1.43 bits per heavy atom. The van der Waals surface area contributed by atoms with Gasteiger partial charge in [-0.05, 0) is 51.3 Å². The summed E-state index contributed by atoms with van der Waals surface area (Å²) in [7, 11) is 0. The first-order valence-corrected chi connectivity index (χ1v) is 7.97. The predicted octanol–water partition coefficient (Wildman–Crippen LogP) is 3.58. The fourth-order valence-electron chi connectivity index (χ4n) is 2.70. The largest absolute Gasteiger partial charge is 0.338 e. The van der Waals surface area contributed by atoms with Crippen molar-refractivity contribution >= 4 is 23.3 Å². The second kappa shape index (κ2) is 7.66. The second-order valence-electron chi connectivity index (χ2n) is 5.91. The molecule has 0 spiro atoms. The molecule has 2 rings (SSSR count). The van der Waals surface area contributed by atoms with Crippen molar-refractivity contribution in [2.75, 3.05) is 25.0 Å². The van der Waals surface area contributed by atoms with E-state index in [2.05, 4.69) is 29.4 Å². The quantitative estimate of drug-likeness (QED) is 0.893. The maximum absolute atomic E-state index is 11.9. The van der Waals surface area contributed by atoms with E-state index in [1.165, 1.54) is 19.4 Å². The van der Waals surface area contributed by atoms with Crippen LogP contribution in [0, 0.1) is 5.92 Å². The maximum atomic E-state index is 11.9. The molecule has 0 radical (unpaired) electrons. The van der Waals surface area contributed by atoms with E-state index in [1.54, 1.807) is 12.1 Å². The SMILES string of the molecule is CC(C)N1CCC[C@H](CNC(=O)Nc2ccccc2Cl)C1. The van der Waals surface area contributed by atoms with Gasteiger partial charge in [0.05, 0.1) is 10.7 Å². The minimum absolute atomic E-state index is 0.190. The molecule has 0 aromatic heterocycles. The van der Waals surface area contributed by atoms with Gasteiger partial charge in [-0.15, -0.1) is 0 Å². The lowest BCUT2D eigenvalue weighted by Crippen LogP contribution is -2.44. The number of para-hydroxylation sites is 1. The average molecular weight is 310 g/mol. The summed E-state index contributed by atoms with van der Waals surface area (Å²) in [6.45, 7) is 7.38. The van der Waals surface area contributed by atoms with Crippen LogP contribution in [0.5, 0.6) is 0 Å². The van der Waals surface area contributed by atoms with Crippen LogP contribution in [0.4, 0.5) is 10.5 Å². The number of hydrogen-bond donors (Lipinski definition) is 2. The average Bonchev–Trinajstić information content (AvgIpc) is 2.48. The maximum Gasteiger partial charge on any atom is 0.319 e. The van der Waals surface area contributed by atoms with E-state index in [4.69, 9.17) is 11.6 Å². The third-order valence-electron chi connectivity index (χ3n) is 3.95. The van der Waals surface area contributed by atoms with Gasteiger partial charge in [0.15, 0.2) is 0 Å². The van der Waals surface area contributed by atoms with E-state index < -0.39 is 0 Å². The molecular weight excluding hydrogens is 286 g/mol. The smallest absolute Gasteiger partial charge is 0.319 e. The lowest BCUT2D eigenvalue weighted by molar-refractivity contribution is 0.139. The molecule has 1 saturated heterocycles. The minimum atomic E-state index is -0.190. The van der Waals surface area contributed by atoms with E-state index in [0.717, 1.165) is 6.54 Å². The third kappa shape index (κ3) is 4.90. The normalized spacial score (nSPS) is 19.5. The lowest BCUT2D eigenvalue weighted by Gasteiger charge is -2.35. The summed E-state index contributed by atoms with van der Waals surface area (Å²) in [5, 5.41) is 6.29. The fraction of sp³-hybridized carbons (Fsp3) is 0.562. The van der Waals surface area contributed by atoms with Crippen molar-refractivity contribution in [3.63, 3.8) is 0 Å². The second-order valence-corrected chi connectivity index (χ2v) is 6.32. The zero-order valence-corrected chi connectivity index (χ0v) is 13.5. The highest BCUT2D eigenvalue weighted by Gasteiger charge is 2.21. The molecule has 2 N–H and O–H groups in total. The summed E-state index contributed by atoms with van der Waals surface area (Å²) in [6.07, 6.45) is 2.38. The monoisotopic (exact) mass is 309 g/mol. The molecule has 0 bridgehead atoms. The molecule has 1 fully saturated rings. The summed E-state index contributed by atoms with van der Waals surface area (Å²) in [6, 6.07) is 7.63. The molecule has 4 nitrogen and oxygen atoms in total. The van der Waals surface area contributed by atoms with E-state index in [9.17, 15) is 4.79 Å². The Morgan fingerprint density at radius 2 is 2.19 bits per heavy atom. The predicted molar refractivity (Wildman–Crippen MR) is 87.9 cm³/mol. The molecule has 21 heavy (non-hydrogen) atoms. The van der Waals surface area contributed by atoms with Crippen LogP contribution in [0.15, 0.2) is 24.3 Å². The number of halogens is 1. The van der Waals surface area contributed by atoms with Gasteiger partial charge in [0.25, 0.3) is 0 Å². The first-order chi connectivity index (χ1) is 10.1. The Morgan fingerprint density at radius 3 is 2.90 bits per heavy atom. The zero-order chi connectivity index (χ0) is 15.2. The van der Waals surface area contributed by atoms with Crippen molar-refractivity contribution in [2.45, 2.75) is 32.7 Å². The standard InChI is InChI=1S/C16H24ClN3O/c1-12(2)20-9-5-6-13(11-20)10-18-16(21)19-15-8-4-3-7-14(15)17/h3-4,7-8,12-13H,5-6,9-11H2,1-2H3,(H2,18,19,21)/t13-/m1/s1. The highest BCUT2D eigenvalue weighted by Crippen LogP contribution is 2.20. The number of urea groups is 1. The first-order valence-electron chi connectivity index (χ1n) is 7.59. The number of likely N-dealkylation sites (tertiary alicyclic amines) is 1. The van der Waals surface area contributed by atoms with Crippen LogP contribution in [0.1, 0.15) is 26.7 Å². The number of amides is 2. The van der Waals surface area contributed by atoms with Crippen molar-refractivity contribution in [3.05, 3.63) is 29.3 Å². The van der Waals surface area contributed by atoms with E-state index in [-0.39, 0.29) is 6.03 Å². The number of carbonyl (C=O) groups excluding carboxylic acids is 1. The van der Waals surface area contributed by atoms with Crippen LogP contribution in [0.2, 0.25) is 5.02 Å². The van der Waals surface area contributed by atoms with Crippen molar-refractivity contribution < 1.29 is 4.79 Å². The Kier molecular flexibility index (Phi) is 5.88. The van der Waals surface area contributed by atoms with Crippen molar-refractivity contribution in [1.82, 2.24) is 10.2 Å². The lowest BCUT2D eigenvalue weighted by atomic mass is 9.97. The van der Waals surface area contributed by atoms with Crippen LogP contribution in [-0.4, -0.2) is 36.6 Å². The molecule has 0 unspecified atom stereocenters. The Labute approximate surface area is 131 Å². The highest BCUT2D eigenvalue weighted by atomic mass is 35.5. The van der Waals surface area contributed by atoms with Crippen LogP contribution in [0.3, 0.4) is 0 Å². The molecule has 2 amide bonds. The molecule has 1 aromatic carbocycles. The summed E-state index contributed by atoms with van der Waals surface area (Å²) < 4.78 is 0. The summed E-state index contributed by atoms with van der Waals surface area (Å²) in [5.74, 6) is 0.526. The van der Waals surface area contributed by atoms with Gasteiger partial charge in [0.2, 0.25) is 0 Å². The van der Waals surface area contributed by atoms with Crippen molar-refractivity contribution in [2.24, 2.45) is 5.92 Å². The topological polar surface area (TPSA) is 44.4 Å². The molecule has 1 atom stereocenters. The number of anilines is 1. The number of nitrogens with one attached hydrogen (secondary N) is 2. The molecular formula is C16H24ClN3O. The molecule has 5 heteroatoms. The van der Waals surface area contributed by atoms with Crippen LogP contribution >= 0.6 is 11.6 Å². The Bertz CT molecular complexity index is 478. The summed E-state index contributed by atoms with van der Waals surface area (Å²) >= 11 is 6.02. The highest BCUT2D eigenvalue weighted by molar-refractivity contribution is 6.33. The van der Waals surface area contributed by atoms with Crippen molar-refractivity contribution in [3.8, 4) is 0 Å². The number of nitrogens with zero attached hydrogens (tertiary/aromatic N) is 1. The fourth-order valence-corrected chi connectivity index (χ4v) is 2.88. The Balaban J connectivity index is 1.77. The Hall–Kier alpha value is -1.26. The van der Waals surface area contributed by atoms with Crippen LogP contribution < -0.4 is 10.6 Å². The molecule has 116 valence electrons. The third-order valence-corrected chi connectivity index (χ3v) is 4.28. The van der Waals surface area contributed by atoms with Gasteiger partial charge in [0.1, 0.15) is 0 Å². The van der Waals surface area contributed by atoms with E-state index >= 15 is 0 Å². The minimum Gasteiger partial charge on any atom is -0.338 e. The van der Waals surface area contributed by atoms with Crippen LogP contribution in [-0.2, 0) is 0 Å². The van der Waals surface area contributed by atoms with Gasteiger partial charge in [-0.2, -0.15) is 0 Å². The number of hydrogen-bond acceptors (Lipinski definition) is 2. The first kappa shape index (κ1) is 16.1. The van der Waals surface area contributed by atoms with Gasteiger partial charge >= 0.3 is 6.03 Å². The van der Waals surface area contributed by atoms with Crippen LogP contribution in [0.25, 0.3) is 0 Å². The van der Waals surface area contributed by atoms with Gasteiger partial charge in [-0.1, -0.05) is 23.7 Å². The number of piperidine rings is 1. The molecule has 1 aromatic rings. The van der Waals surface area contributed by atoms with Gasteiger partial charge in [-0.3, -0.25) is 0 Å². The number of benzene rings is 1. The molecule has 1 heterocycles. The summed E-state index contributed by atoms with van der Waals surface area (Å²) in [4.78, 5) is 14.4. The van der Waals surface area contributed by atoms with Gasteiger partial charge in [-0.25, -0.2) is 4.79 Å². The molecule has 1 aliphatic rings. The van der Waals surface area contributed by atoms with E-state index in [1.807, 2.05) is 12.1 Å². The molecule has 0 aliphatic carbocycles. The number of rotatable bonds is 4. The summed E-state index contributed by atoms with van der Waals surface area (Å²) in [5.41, 5.74) is 0.643. The van der Waals surface area contributed by atoms with Gasteiger partial charge < -0.3 is 15.5 Å².